The van der Waals surface area contributed by atoms with E-state index in [1.54, 1.807) is 6.20 Å². The van der Waals surface area contributed by atoms with Gasteiger partial charge in [-0.2, -0.15) is 5.10 Å². The van der Waals surface area contributed by atoms with Crippen molar-refractivity contribution in [1.29, 1.82) is 0 Å². The van der Waals surface area contributed by atoms with E-state index in [0.717, 1.165) is 25.7 Å². The SMILES string of the molecule is CCCC(CCN)CCC(=O)NC(C)Cn1cccn1. The predicted octanol–water partition coefficient (Wildman–Crippen LogP) is 1.93. The zero-order chi connectivity index (χ0) is 14.8. The van der Waals surface area contributed by atoms with Gasteiger partial charge in [0.25, 0.3) is 0 Å². The molecule has 1 amide bonds. The van der Waals surface area contributed by atoms with Gasteiger partial charge in [0.15, 0.2) is 0 Å². The third-order valence-corrected chi connectivity index (χ3v) is 3.48. The van der Waals surface area contributed by atoms with Crippen LogP contribution in [-0.4, -0.2) is 28.3 Å². The monoisotopic (exact) mass is 280 g/mol. The minimum atomic E-state index is 0.0986. The van der Waals surface area contributed by atoms with Gasteiger partial charge >= 0.3 is 0 Å². The number of hydrogen-bond acceptors (Lipinski definition) is 3. The highest BCUT2D eigenvalue weighted by Gasteiger charge is 2.12. The normalized spacial score (nSPS) is 13.9. The molecule has 0 aliphatic carbocycles. The van der Waals surface area contributed by atoms with E-state index in [1.807, 2.05) is 23.9 Å². The van der Waals surface area contributed by atoms with Gasteiger partial charge in [-0.05, 0) is 38.3 Å². The molecule has 1 aromatic rings. The molecular weight excluding hydrogens is 252 g/mol. The van der Waals surface area contributed by atoms with Crippen molar-refractivity contribution in [3.05, 3.63) is 18.5 Å². The number of hydrogen-bond donors (Lipinski definition) is 2. The fourth-order valence-corrected chi connectivity index (χ4v) is 2.49. The number of carbonyl (C=O) groups is 1. The largest absolute Gasteiger partial charge is 0.352 e. The molecule has 0 radical (unpaired) electrons. The Kier molecular flexibility index (Phi) is 7.95. The molecule has 2 unspecified atom stereocenters. The summed E-state index contributed by atoms with van der Waals surface area (Å²) in [6, 6.07) is 1.98. The van der Waals surface area contributed by atoms with Gasteiger partial charge in [0, 0.05) is 24.9 Å². The second-order valence-electron chi connectivity index (χ2n) is 5.47. The molecule has 0 aliphatic rings. The van der Waals surface area contributed by atoms with Gasteiger partial charge in [-0.15, -0.1) is 0 Å². The average molecular weight is 280 g/mol. The van der Waals surface area contributed by atoms with E-state index in [-0.39, 0.29) is 11.9 Å². The van der Waals surface area contributed by atoms with Crippen LogP contribution in [0.4, 0.5) is 0 Å². The van der Waals surface area contributed by atoms with Crippen LogP contribution in [0.1, 0.15) is 46.0 Å². The van der Waals surface area contributed by atoms with Gasteiger partial charge in [0.05, 0.1) is 6.54 Å². The lowest BCUT2D eigenvalue weighted by molar-refractivity contribution is -0.122. The summed E-state index contributed by atoms with van der Waals surface area (Å²) < 4.78 is 1.83. The predicted molar refractivity (Wildman–Crippen MR) is 81.1 cm³/mol. The van der Waals surface area contributed by atoms with Crippen LogP contribution in [0.2, 0.25) is 0 Å². The lowest BCUT2D eigenvalue weighted by Gasteiger charge is -2.17. The summed E-state index contributed by atoms with van der Waals surface area (Å²) in [6.45, 7) is 5.60. The molecular formula is C15H28N4O. The van der Waals surface area contributed by atoms with Crippen LogP contribution < -0.4 is 11.1 Å². The minimum Gasteiger partial charge on any atom is -0.352 e. The Balaban J connectivity index is 2.24. The second kappa shape index (κ2) is 9.53. The van der Waals surface area contributed by atoms with E-state index in [0.29, 0.717) is 25.4 Å². The molecule has 1 rings (SSSR count). The van der Waals surface area contributed by atoms with Crippen molar-refractivity contribution in [2.75, 3.05) is 6.54 Å². The van der Waals surface area contributed by atoms with Crippen molar-refractivity contribution in [3.8, 4) is 0 Å². The lowest BCUT2D eigenvalue weighted by Crippen LogP contribution is -2.35. The number of nitrogens with one attached hydrogen (secondary N) is 1. The fraction of sp³-hybridized carbons (Fsp3) is 0.733. The smallest absolute Gasteiger partial charge is 0.220 e. The summed E-state index contributed by atoms with van der Waals surface area (Å²) in [4.78, 5) is 11.9. The number of amides is 1. The second-order valence-corrected chi connectivity index (χ2v) is 5.47. The maximum atomic E-state index is 11.9. The van der Waals surface area contributed by atoms with E-state index in [9.17, 15) is 4.79 Å². The number of rotatable bonds is 10. The van der Waals surface area contributed by atoms with Gasteiger partial charge in [0.1, 0.15) is 0 Å². The molecule has 1 aromatic heterocycles. The highest BCUT2D eigenvalue weighted by atomic mass is 16.1. The molecule has 5 nitrogen and oxygen atoms in total. The van der Waals surface area contributed by atoms with Crippen LogP contribution in [-0.2, 0) is 11.3 Å². The van der Waals surface area contributed by atoms with Gasteiger partial charge in [-0.25, -0.2) is 0 Å². The quantitative estimate of drug-likeness (QED) is 0.688. The molecule has 0 bridgehead atoms. The van der Waals surface area contributed by atoms with E-state index in [4.69, 9.17) is 5.73 Å². The minimum absolute atomic E-state index is 0.0986. The standard InChI is InChI=1S/C15H28N4O/c1-3-5-14(8-9-16)6-7-15(20)18-13(2)12-19-11-4-10-17-19/h4,10-11,13-14H,3,5-9,12,16H2,1-2H3,(H,18,20). The van der Waals surface area contributed by atoms with Crippen LogP contribution in [0.25, 0.3) is 0 Å². The number of aromatic nitrogens is 2. The zero-order valence-corrected chi connectivity index (χ0v) is 12.7. The molecule has 0 aromatic carbocycles. The van der Waals surface area contributed by atoms with Crippen LogP contribution >= 0.6 is 0 Å². The van der Waals surface area contributed by atoms with Crippen molar-refractivity contribution < 1.29 is 4.79 Å². The van der Waals surface area contributed by atoms with Crippen molar-refractivity contribution in [2.45, 2.75) is 58.5 Å². The third-order valence-electron chi connectivity index (χ3n) is 3.48. The summed E-state index contributed by atoms with van der Waals surface area (Å²) in [5, 5.41) is 7.16. The third kappa shape index (κ3) is 6.70. The Hall–Kier alpha value is -1.36. The van der Waals surface area contributed by atoms with Gasteiger partial charge in [-0.1, -0.05) is 19.8 Å². The molecule has 114 valence electrons. The van der Waals surface area contributed by atoms with Gasteiger partial charge in [-0.3, -0.25) is 9.48 Å². The van der Waals surface area contributed by atoms with E-state index >= 15 is 0 Å². The van der Waals surface area contributed by atoms with Crippen molar-refractivity contribution in [3.63, 3.8) is 0 Å². The Morgan fingerprint density at radius 3 is 2.80 bits per heavy atom. The summed E-state index contributed by atoms with van der Waals surface area (Å²) >= 11 is 0. The highest BCUT2D eigenvalue weighted by Crippen LogP contribution is 2.16. The maximum absolute atomic E-state index is 11.9. The van der Waals surface area contributed by atoms with Crippen LogP contribution in [0.15, 0.2) is 18.5 Å². The molecule has 0 spiro atoms. The van der Waals surface area contributed by atoms with Gasteiger partial charge < -0.3 is 11.1 Å². The highest BCUT2D eigenvalue weighted by molar-refractivity contribution is 5.76. The van der Waals surface area contributed by atoms with E-state index in [2.05, 4.69) is 17.3 Å². The van der Waals surface area contributed by atoms with E-state index < -0.39 is 0 Å². The molecule has 20 heavy (non-hydrogen) atoms. The summed E-state index contributed by atoms with van der Waals surface area (Å²) in [6.07, 6.45) is 8.51. The van der Waals surface area contributed by atoms with Crippen LogP contribution in [0.3, 0.4) is 0 Å². The topological polar surface area (TPSA) is 72.9 Å². The number of carbonyl (C=O) groups excluding carboxylic acids is 1. The first-order valence-corrected chi connectivity index (χ1v) is 7.62. The van der Waals surface area contributed by atoms with E-state index in [1.165, 1.54) is 0 Å². The summed E-state index contributed by atoms with van der Waals surface area (Å²) in [5.41, 5.74) is 5.61. The molecule has 5 heteroatoms. The summed E-state index contributed by atoms with van der Waals surface area (Å²) in [7, 11) is 0. The molecule has 3 N–H and O–H groups in total. The first kappa shape index (κ1) is 16.7. The molecule has 0 saturated carbocycles. The Morgan fingerprint density at radius 2 is 2.20 bits per heavy atom. The van der Waals surface area contributed by atoms with Crippen LogP contribution in [0, 0.1) is 5.92 Å². The van der Waals surface area contributed by atoms with Crippen molar-refractivity contribution in [2.24, 2.45) is 11.7 Å². The van der Waals surface area contributed by atoms with Gasteiger partial charge in [0.2, 0.25) is 5.91 Å². The molecule has 1 heterocycles. The lowest BCUT2D eigenvalue weighted by atomic mass is 9.94. The number of nitrogens with zero attached hydrogens (tertiary/aromatic N) is 2. The van der Waals surface area contributed by atoms with Crippen LogP contribution in [0.5, 0.6) is 0 Å². The zero-order valence-electron chi connectivity index (χ0n) is 12.7. The van der Waals surface area contributed by atoms with Crippen molar-refractivity contribution in [1.82, 2.24) is 15.1 Å². The first-order valence-electron chi connectivity index (χ1n) is 7.62. The average Bonchev–Trinajstić information content (AvgIpc) is 2.89. The molecule has 0 aliphatic heterocycles. The molecule has 0 saturated heterocycles. The Morgan fingerprint density at radius 1 is 1.40 bits per heavy atom. The Bertz CT molecular complexity index is 358. The molecule has 0 fully saturated rings. The fourth-order valence-electron chi connectivity index (χ4n) is 2.49. The number of nitrogens with two attached hydrogens (primary N) is 1. The summed E-state index contributed by atoms with van der Waals surface area (Å²) in [5.74, 6) is 0.708. The molecule has 2 atom stereocenters. The Labute approximate surface area is 121 Å². The first-order chi connectivity index (χ1) is 9.65. The maximum Gasteiger partial charge on any atom is 0.220 e. The van der Waals surface area contributed by atoms with Crippen molar-refractivity contribution >= 4 is 5.91 Å².